The lowest BCUT2D eigenvalue weighted by Crippen LogP contribution is -2.54. The Morgan fingerprint density at radius 3 is 2.68 bits per heavy atom. The summed E-state index contributed by atoms with van der Waals surface area (Å²) in [4.78, 5) is 20.2. The lowest BCUT2D eigenvalue weighted by atomic mass is 10.2. The van der Waals surface area contributed by atoms with Crippen LogP contribution >= 0.6 is 24.0 Å². The summed E-state index contributed by atoms with van der Waals surface area (Å²) >= 11 is 0. The molecule has 0 aromatic carbocycles. The van der Waals surface area contributed by atoms with Crippen LogP contribution in [0.5, 0.6) is 0 Å². The predicted molar refractivity (Wildman–Crippen MR) is 85.1 cm³/mol. The molecule has 0 aliphatic carbocycles. The first-order valence-corrected chi connectivity index (χ1v) is 6.36. The average Bonchev–Trinajstić information content (AvgIpc) is 2.68. The maximum absolute atomic E-state index is 12.0. The topological polar surface area (TPSA) is 57.2 Å². The lowest BCUT2D eigenvalue weighted by Gasteiger charge is -2.37. The van der Waals surface area contributed by atoms with Gasteiger partial charge in [-0.05, 0) is 20.8 Å². The molecule has 19 heavy (non-hydrogen) atoms. The smallest absolute Gasteiger partial charge is 0.410 e. The number of nitrogens with zero attached hydrogens (tertiary/aromatic N) is 3. The standard InChI is InChI=1S/C12H22N4O2.HI/c1-12(2,3)18-11(17)15-5-6-16-9(8-15)7-14-10(16)13-4;/h9H,5-8H2,1-4H3,(H,13,14);1H. The van der Waals surface area contributed by atoms with Crippen LogP contribution in [0.3, 0.4) is 0 Å². The molecule has 0 spiro atoms. The summed E-state index contributed by atoms with van der Waals surface area (Å²) in [7, 11) is 1.78. The normalized spacial score (nSPS) is 24.6. The van der Waals surface area contributed by atoms with E-state index in [0.29, 0.717) is 19.1 Å². The number of nitrogens with one attached hydrogen (secondary N) is 1. The van der Waals surface area contributed by atoms with Crippen molar-refractivity contribution >= 4 is 36.0 Å². The van der Waals surface area contributed by atoms with Gasteiger partial charge in [-0.3, -0.25) is 4.99 Å². The maximum atomic E-state index is 12.0. The Hall–Kier alpha value is -0.730. The van der Waals surface area contributed by atoms with Crippen molar-refractivity contribution in [2.24, 2.45) is 4.99 Å². The fourth-order valence-electron chi connectivity index (χ4n) is 2.32. The molecule has 2 aliphatic heterocycles. The van der Waals surface area contributed by atoms with Gasteiger partial charge in [-0.2, -0.15) is 0 Å². The highest BCUT2D eigenvalue weighted by Crippen LogP contribution is 2.17. The number of amides is 1. The zero-order valence-corrected chi connectivity index (χ0v) is 14.3. The second-order valence-corrected chi connectivity index (χ2v) is 5.70. The molecule has 1 N–H and O–H groups in total. The van der Waals surface area contributed by atoms with E-state index < -0.39 is 5.60 Å². The SMILES string of the molecule is CN=C1NCC2CN(C(=O)OC(C)(C)C)CCN12.I. The number of carbonyl (C=O) groups excluding carboxylic acids is 1. The van der Waals surface area contributed by atoms with E-state index in [-0.39, 0.29) is 30.1 Å². The highest BCUT2D eigenvalue weighted by atomic mass is 127. The summed E-state index contributed by atoms with van der Waals surface area (Å²) in [6.07, 6.45) is -0.218. The van der Waals surface area contributed by atoms with Gasteiger partial charge in [-0.15, -0.1) is 24.0 Å². The van der Waals surface area contributed by atoms with Crippen LogP contribution in [0, 0.1) is 0 Å². The van der Waals surface area contributed by atoms with Gasteiger partial charge in [-0.25, -0.2) is 4.79 Å². The first kappa shape index (κ1) is 16.3. The third-order valence-electron chi connectivity index (χ3n) is 3.11. The molecule has 7 heteroatoms. The maximum Gasteiger partial charge on any atom is 0.410 e. The number of guanidine groups is 1. The number of hydrogen-bond donors (Lipinski definition) is 1. The highest BCUT2D eigenvalue weighted by molar-refractivity contribution is 14.0. The first-order valence-electron chi connectivity index (χ1n) is 6.36. The number of hydrogen-bond acceptors (Lipinski definition) is 3. The van der Waals surface area contributed by atoms with Crippen LogP contribution < -0.4 is 5.32 Å². The molecule has 2 aliphatic rings. The summed E-state index contributed by atoms with van der Waals surface area (Å²) in [5.74, 6) is 0.934. The van der Waals surface area contributed by atoms with E-state index in [0.717, 1.165) is 19.0 Å². The minimum absolute atomic E-state index is 0. The molecule has 2 heterocycles. The van der Waals surface area contributed by atoms with Gasteiger partial charge in [-0.1, -0.05) is 0 Å². The Morgan fingerprint density at radius 1 is 1.42 bits per heavy atom. The van der Waals surface area contributed by atoms with Gasteiger partial charge in [0.2, 0.25) is 0 Å². The minimum Gasteiger partial charge on any atom is -0.444 e. The van der Waals surface area contributed by atoms with Crippen LogP contribution in [0.1, 0.15) is 20.8 Å². The molecule has 0 aromatic heterocycles. The Morgan fingerprint density at radius 2 is 2.11 bits per heavy atom. The van der Waals surface area contributed by atoms with Crippen molar-refractivity contribution in [1.82, 2.24) is 15.1 Å². The van der Waals surface area contributed by atoms with Crippen molar-refractivity contribution in [3.8, 4) is 0 Å². The molecule has 0 aromatic rings. The van der Waals surface area contributed by atoms with Gasteiger partial charge in [0.1, 0.15) is 5.60 Å². The van der Waals surface area contributed by atoms with Gasteiger partial charge in [0.25, 0.3) is 0 Å². The molecular formula is C12H23IN4O2. The zero-order valence-electron chi connectivity index (χ0n) is 12.0. The van der Waals surface area contributed by atoms with E-state index in [9.17, 15) is 4.79 Å². The Bertz CT molecular complexity index is 367. The molecule has 2 saturated heterocycles. The fraction of sp³-hybridized carbons (Fsp3) is 0.833. The second kappa shape index (κ2) is 6.15. The van der Waals surface area contributed by atoms with Crippen molar-refractivity contribution in [2.45, 2.75) is 32.4 Å². The lowest BCUT2D eigenvalue weighted by molar-refractivity contribution is 0.0142. The quantitative estimate of drug-likeness (QED) is 0.638. The third-order valence-corrected chi connectivity index (χ3v) is 3.11. The molecule has 6 nitrogen and oxygen atoms in total. The van der Waals surface area contributed by atoms with Crippen molar-refractivity contribution in [2.75, 3.05) is 33.2 Å². The van der Waals surface area contributed by atoms with Gasteiger partial charge >= 0.3 is 6.09 Å². The highest BCUT2D eigenvalue weighted by Gasteiger charge is 2.36. The van der Waals surface area contributed by atoms with Crippen LogP contribution in [-0.4, -0.2) is 66.7 Å². The molecule has 0 radical (unpaired) electrons. The average molecular weight is 382 g/mol. The van der Waals surface area contributed by atoms with E-state index in [4.69, 9.17) is 4.74 Å². The van der Waals surface area contributed by atoms with Gasteiger partial charge < -0.3 is 19.9 Å². The monoisotopic (exact) mass is 382 g/mol. The summed E-state index contributed by atoms with van der Waals surface area (Å²) in [5, 5.41) is 3.25. The number of aliphatic imine (C=N–C) groups is 1. The summed E-state index contributed by atoms with van der Waals surface area (Å²) in [5.41, 5.74) is -0.432. The van der Waals surface area contributed by atoms with Crippen LogP contribution in [-0.2, 0) is 4.74 Å². The van der Waals surface area contributed by atoms with Crippen molar-refractivity contribution in [1.29, 1.82) is 0 Å². The van der Waals surface area contributed by atoms with E-state index in [2.05, 4.69) is 15.2 Å². The van der Waals surface area contributed by atoms with Crippen LogP contribution in [0.25, 0.3) is 0 Å². The van der Waals surface area contributed by atoms with Gasteiger partial charge in [0.05, 0.1) is 6.04 Å². The summed E-state index contributed by atoms with van der Waals surface area (Å²) < 4.78 is 5.40. The molecule has 0 saturated carbocycles. The Labute approximate surface area is 131 Å². The molecule has 1 unspecified atom stereocenters. The van der Waals surface area contributed by atoms with E-state index in [1.807, 2.05) is 20.8 Å². The van der Waals surface area contributed by atoms with Gasteiger partial charge in [0, 0.05) is 33.2 Å². The molecule has 1 atom stereocenters. The van der Waals surface area contributed by atoms with Crippen LogP contribution in [0.2, 0.25) is 0 Å². The number of rotatable bonds is 0. The van der Waals surface area contributed by atoms with Crippen LogP contribution in [0.4, 0.5) is 4.79 Å². The fourth-order valence-corrected chi connectivity index (χ4v) is 2.32. The van der Waals surface area contributed by atoms with Crippen molar-refractivity contribution in [3.63, 3.8) is 0 Å². The van der Waals surface area contributed by atoms with Gasteiger partial charge in [0.15, 0.2) is 5.96 Å². The third kappa shape index (κ3) is 3.87. The Balaban J connectivity index is 0.00000180. The second-order valence-electron chi connectivity index (χ2n) is 5.70. The largest absolute Gasteiger partial charge is 0.444 e. The number of halogens is 1. The zero-order chi connectivity index (χ0) is 13.3. The van der Waals surface area contributed by atoms with E-state index >= 15 is 0 Å². The van der Waals surface area contributed by atoms with Crippen molar-refractivity contribution < 1.29 is 9.53 Å². The molecule has 2 rings (SSSR count). The Kier molecular flexibility index (Phi) is 5.28. The number of carbonyl (C=O) groups is 1. The molecular weight excluding hydrogens is 359 g/mol. The molecule has 0 bridgehead atoms. The summed E-state index contributed by atoms with van der Waals surface area (Å²) in [6, 6.07) is 0.310. The van der Waals surface area contributed by atoms with Crippen LogP contribution in [0.15, 0.2) is 4.99 Å². The summed E-state index contributed by atoms with van der Waals surface area (Å²) in [6.45, 7) is 8.70. The molecule has 110 valence electrons. The molecule has 1 amide bonds. The van der Waals surface area contributed by atoms with Crippen molar-refractivity contribution in [3.05, 3.63) is 0 Å². The predicted octanol–water partition coefficient (Wildman–Crippen LogP) is 1.11. The number of piperazine rings is 1. The first-order chi connectivity index (χ1) is 8.40. The number of ether oxygens (including phenoxy) is 1. The number of fused-ring (bicyclic) bond motifs is 1. The molecule has 2 fully saturated rings. The van der Waals surface area contributed by atoms with E-state index in [1.54, 1.807) is 11.9 Å². The minimum atomic E-state index is -0.432. The van der Waals surface area contributed by atoms with E-state index in [1.165, 1.54) is 0 Å².